The van der Waals surface area contributed by atoms with Crippen LogP contribution in [0.4, 0.5) is 5.69 Å². The maximum absolute atomic E-state index is 4.38. The van der Waals surface area contributed by atoms with E-state index in [1.165, 1.54) is 43.4 Å². The van der Waals surface area contributed by atoms with Crippen LogP contribution in [0.25, 0.3) is 0 Å². The summed E-state index contributed by atoms with van der Waals surface area (Å²) >= 11 is 0. The predicted octanol–water partition coefficient (Wildman–Crippen LogP) is 4.08. The summed E-state index contributed by atoms with van der Waals surface area (Å²) in [4.78, 5) is 4.38. The number of aryl methyl sites for hydroxylation is 2. The Hall–Kier alpha value is -1.05. The maximum Gasteiger partial charge on any atom is 0.0606 e. The maximum atomic E-state index is 4.38. The highest BCUT2D eigenvalue weighted by Gasteiger charge is 2.20. The van der Waals surface area contributed by atoms with E-state index in [1.54, 1.807) is 0 Å². The number of anilines is 1. The molecule has 0 aromatic carbocycles. The van der Waals surface area contributed by atoms with Crippen molar-refractivity contribution in [1.29, 1.82) is 0 Å². The van der Waals surface area contributed by atoms with Gasteiger partial charge in [0.15, 0.2) is 0 Å². The normalized spacial score (nSPS) is 19.0. The van der Waals surface area contributed by atoms with Crippen molar-refractivity contribution in [1.82, 2.24) is 4.98 Å². The molecule has 1 atom stereocenters. The standard InChI is InChI=1S/C15H24N2/c1-11-9-10-16-13(3)15(11)17-12(2)14-7-5-4-6-8-14/h9-10,12,14,17H,4-8H2,1-3H3. The molecule has 2 rings (SSSR count). The molecule has 1 fully saturated rings. The molecule has 94 valence electrons. The first-order chi connectivity index (χ1) is 8.18. The number of aromatic nitrogens is 1. The molecule has 1 saturated carbocycles. The van der Waals surface area contributed by atoms with Gasteiger partial charge in [0.1, 0.15) is 0 Å². The van der Waals surface area contributed by atoms with Crippen LogP contribution in [-0.2, 0) is 0 Å². The van der Waals surface area contributed by atoms with Gasteiger partial charge in [-0.25, -0.2) is 0 Å². The van der Waals surface area contributed by atoms with E-state index in [0.29, 0.717) is 6.04 Å². The van der Waals surface area contributed by atoms with Crippen molar-refractivity contribution < 1.29 is 0 Å². The van der Waals surface area contributed by atoms with Gasteiger partial charge in [0.05, 0.1) is 11.4 Å². The highest BCUT2D eigenvalue weighted by atomic mass is 14.9. The zero-order valence-electron chi connectivity index (χ0n) is 11.3. The van der Waals surface area contributed by atoms with Crippen LogP contribution in [0.2, 0.25) is 0 Å². The summed E-state index contributed by atoms with van der Waals surface area (Å²) in [5, 5.41) is 3.69. The van der Waals surface area contributed by atoms with E-state index in [-0.39, 0.29) is 0 Å². The quantitative estimate of drug-likeness (QED) is 0.849. The Morgan fingerprint density at radius 3 is 2.59 bits per heavy atom. The van der Waals surface area contributed by atoms with Gasteiger partial charge in [-0.2, -0.15) is 0 Å². The van der Waals surface area contributed by atoms with Crippen LogP contribution in [-0.4, -0.2) is 11.0 Å². The molecule has 1 aromatic heterocycles. The number of hydrogen-bond donors (Lipinski definition) is 1. The molecule has 0 radical (unpaired) electrons. The van der Waals surface area contributed by atoms with Crippen LogP contribution in [0.1, 0.15) is 50.3 Å². The van der Waals surface area contributed by atoms with E-state index in [0.717, 1.165) is 11.6 Å². The fourth-order valence-corrected chi connectivity index (χ4v) is 2.89. The number of nitrogens with one attached hydrogen (secondary N) is 1. The Balaban J connectivity index is 2.04. The van der Waals surface area contributed by atoms with Crippen molar-refractivity contribution in [3.8, 4) is 0 Å². The summed E-state index contributed by atoms with van der Waals surface area (Å²) in [6.07, 6.45) is 8.89. The topological polar surface area (TPSA) is 24.9 Å². The molecular formula is C15H24N2. The smallest absolute Gasteiger partial charge is 0.0606 e. The molecule has 0 aliphatic heterocycles. The van der Waals surface area contributed by atoms with Crippen molar-refractivity contribution >= 4 is 5.69 Å². The highest BCUT2D eigenvalue weighted by Crippen LogP contribution is 2.29. The monoisotopic (exact) mass is 232 g/mol. The van der Waals surface area contributed by atoms with E-state index >= 15 is 0 Å². The fraction of sp³-hybridized carbons (Fsp3) is 0.667. The first kappa shape index (κ1) is 12.4. The summed E-state index contributed by atoms with van der Waals surface area (Å²) in [5.74, 6) is 0.836. The second kappa shape index (κ2) is 5.52. The zero-order chi connectivity index (χ0) is 12.3. The van der Waals surface area contributed by atoms with Gasteiger partial charge in [0.25, 0.3) is 0 Å². The Morgan fingerprint density at radius 2 is 1.94 bits per heavy atom. The molecule has 17 heavy (non-hydrogen) atoms. The molecule has 2 heteroatoms. The minimum atomic E-state index is 0.567. The molecule has 0 spiro atoms. The molecule has 1 aliphatic rings. The molecule has 1 heterocycles. The van der Waals surface area contributed by atoms with Gasteiger partial charge in [-0.05, 0) is 51.2 Å². The minimum absolute atomic E-state index is 0.567. The van der Waals surface area contributed by atoms with Gasteiger partial charge < -0.3 is 5.32 Å². The van der Waals surface area contributed by atoms with Crippen molar-refractivity contribution in [2.45, 2.75) is 58.9 Å². The Labute approximate surface area is 105 Å². The van der Waals surface area contributed by atoms with E-state index in [9.17, 15) is 0 Å². The van der Waals surface area contributed by atoms with Crippen LogP contribution in [0.3, 0.4) is 0 Å². The third-order valence-electron chi connectivity index (χ3n) is 4.08. The summed E-state index contributed by atoms with van der Waals surface area (Å²) < 4.78 is 0. The van der Waals surface area contributed by atoms with Crippen molar-refractivity contribution in [2.75, 3.05) is 5.32 Å². The van der Waals surface area contributed by atoms with E-state index in [1.807, 2.05) is 6.20 Å². The number of pyridine rings is 1. The SMILES string of the molecule is Cc1ccnc(C)c1NC(C)C1CCCCC1. The Kier molecular flexibility index (Phi) is 4.03. The number of rotatable bonds is 3. The van der Waals surface area contributed by atoms with Crippen molar-refractivity contribution in [3.05, 3.63) is 23.5 Å². The molecule has 1 aliphatic carbocycles. The first-order valence-corrected chi connectivity index (χ1v) is 6.87. The lowest BCUT2D eigenvalue weighted by Gasteiger charge is -2.29. The average Bonchev–Trinajstić information content (AvgIpc) is 2.35. The van der Waals surface area contributed by atoms with Crippen LogP contribution < -0.4 is 5.32 Å². The third kappa shape index (κ3) is 2.99. The zero-order valence-corrected chi connectivity index (χ0v) is 11.3. The van der Waals surface area contributed by atoms with Gasteiger partial charge in [-0.1, -0.05) is 19.3 Å². The molecule has 0 saturated heterocycles. The summed E-state index contributed by atoms with van der Waals surface area (Å²) in [5.41, 5.74) is 3.67. The van der Waals surface area contributed by atoms with E-state index in [2.05, 4.69) is 37.1 Å². The second-order valence-corrected chi connectivity index (χ2v) is 5.42. The lowest BCUT2D eigenvalue weighted by Crippen LogP contribution is -2.28. The molecule has 2 nitrogen and oxygen atoms in total. The molecule has 1 aromatic rings. The lowest BCUT2D eigenvalue weighted by molar-refractivity contribution is 0.328. The summed E-state index contributed by atoms with van der Waals surface area (Å²) in [6.45, 7) is 6.56. The molecule has 1 N–H and O–H groups in total. The third-order valence-corrected chi connectivity index (χ3v) is 4.08. The van der Waals surface area contributed by atoms with Crippen LogP contribution >= 0.6 is 0 Å². The van der Waals surface area contributed by atoms with Crippen molar-refractivity contribution in [2.24, 2.45) is 5.92 Å². The van der Waals surface area contributed by atoms with Gasteiger partial charge >= 0.3 is 0 Å². The van der Waals surface area contributed by atoms with Gasteiger partial charge in [0, 0.05) is 12.2 Å². The van der Waals surface area contributed by atoms with Gasteiger partial charge in [-0.15, -0.1) is 0 Å². The second-order valence-electron chi connectivity index (χ2n) is 5.42. The molecule has 0 bridgehead atoms. The Bertz CT molecular complexity index is 347. The summed E-state index contributed by atoms with van der Waals surface area (Å²) in [7, 11) is 0. The number of hydrogen-bond acceptors (Lipinski definition) is 2. The average molecular weight is 232 g/mol. The fourth-order valence-electron chi connectivity index (χ4n) is 2.89. The largest absolute Gasteiger partial charge is 0.381 e. The number of nitrogens with zero attached hydrogens (tertiary/aromatic N) is 1. The van der Waals surface area contributed by atoms with Crippen molar-refractivity contribution in [3.63, 3.8) is 0 Å². The molecule has 1 unspecified atom stereocenters. The minimum Gasteiger partial charge on any atom is -0.381 e. The summed E-state index contributed by atoms with van der Waals surface area (Å²) in [6, 6.07) is 2.65. The lowest BCUT2D eigenvalue weighted by atomic mass is 9.84. The Morgan fingerprint density at radius 1 is 1.24 bits per heavy atom. The van der Waals surface area contributed by atoms with Crippen LogP contribution in [0.15, 0.2) is 12.3 Å². The predicted molar refractivity (Wildman–Crippen MR) is 73.4 cm³/mol. The van der Waals surface area contributed by atoms with Gasteiger partial charge in [0.2, 0.25) is 0 Å². The highest BCUT2D eigenvalue weighted by molar-refractivity contribution is 5.54. The first-order valence-electron chi connectivity index (χ1n) is 6.87. The molecule has 0 amide bonds. The van der Waals surface area contributed by atoms with Crippen LogP contribution in [0.5, 0.6) is 0 Å². The van der Waals surface area contributed by atoms with Gasteiger partial charge in [-0.3, -0.25) is 4.98 Å². The van der Waals surface area contributed by atoms with E-state index < -0.39 is 0 Å². The van der Waals surface area contributed by atoms with E-state index in [4.69, 9.17) is 0 Å². The van der Waals surface area contributed by atoms with Crippen LogP contribution in [0, 0.1) is 19.8 Å². The molecular weight excluding hydrogens is 208 g/mol.